The first-order valence-electron chi connectivity index (χ1n) is 11.9. The first-order valence-corrected chi connectivity index (χ1v) is 12.7. The molecule has 2 aromatic carbocycles. The lowest BCUT2D eigenvalue weighted by Crippen LogP contribution is -2.52. The Morgan fingerprint density at radius 2 is 2.00 bits per heavy atom. The SMILES string of the molecule is CC(C)CC(C(=O)N1C[C@]2(C[C@H]1C#N)C(=O)Nc1ccc(Br)cc12)N(C)C(=O)OCc1ccccc1. The zero-order chi connectivity index (χ0) is 26.0. The Kier molecular flexibility index (Phi) is 7.36. The summed E-state index contributed by atoms with van der Waals surface area (Å²) in [5.41, 5.74) is 1.29. The second-order valence-corrected chi connectivity index (χ2v) is 10.8. The van der Waals surface area contributed by atoms with Gasteiger partial charge >= 0.3 is 6.09 Å². The average Bonchev–Trinajstić information content (AvgIpc) is 3.39. The molecule has 1 N–H and O–H groups in total. The molecule has 0 aromatic heterocycles. The van der Waals surface area contributed by atoms with E-state index in [0.717, 1.165) is 15.6 Å². The zero-order valence-electron chi connectivity index (χ0n) is 20.5. The second-order valence-electron chi connectivity index (χ2n) is 9.84. The Morgan fingerprint density at radius 1 is 1.28 bits per heavy atom. The Morgan fingerprint density at radius 3 is 2.67 bits per heavy atom. The van der Waals surface area contributed by atoms with Crippen molar-refractivity contribution in [1.82, 2.24) is 9.80 Å². The summed E-state index contributed by atoms with van der Waals surface area (Å²) < 4.78 is 6.28. The number of hydrogen-bond acceptors (Lipinski definition) is 5. The van der Waals surface area contributed by atoms with Gasteiger partial charge in [-0.3, -0.25) is 14.5 Å². The van der Waals surface area contributed by atoms with Crippen LogP contribution in [0.25, 0.3) is 0 Å². The van der Waals surface area contributed by atoms with E-state index in [4.69, 9.17) is 4.74 Å². The molecule has 36 heavy (non-hydrogen) atoms. The van der Waals surface area contributed by atoms with E-state index in [2.05, 4.69) is 27.3 Å². The highest BCUT2D eigenvalue weighted by Crippen LogP contribution is 2.47. The molecule has 1 saturated heterocycles. The van der Waals surface area contributed by atoms with Gasteiger partial charge in [-0.15, -0.1) is 0 Å². The van der Waals surface area contributed by atoms with Gasteiger partial charge in [0.05, 0.1) is 11.5 Å². The maximum Gasteiger partial charge on any atom is 0.410 e. The van der Waals surface area contributed by atoms with Gasteiger partial charge in [-0.05, 0) is 41.7 Å². The third-order valence-corrected chi connectivity index (χ3v) is 7.40. The minimum Gasteiger partial charge on any atom is -0.445 e. The Balaban J connectivity index is 1.57. The summed E-state index contributed by atoms with van der Waals surface area (Å²) >= 11 is 3.47. The van der Waals surface area contributed by atoms with Crippen molar-refractivity contribution in [3.63, 3.8) is 0 Å². The van der Waals surface area contributed by atoms with Gasteiger partial charge in [-0.2, -0.15) is 5.26 Å². The molecule has 4 rings (SSSR count). The number of nitrogens with one attached hydrogen (secondary N) is 1. The number of hydrogen-bond donors (Lipinski definition) is 1. The maximum atomic E-state index is 13.9. The van der Waals surface area contributed by atoms with E-state index in [1.54, 1.807) is 7.05 Å². The first kappa shape index (κ1) is 25.7. The molecule has 3 amide bonds. The summed E-state index contributed by atoms with van der Waals surface area (Å²) in [4.78, 5) is 42.7. The molecule has 188 valence electrons. The summed E-state index contributed by atoms with van der Waals surface area (Å²) in [5.74, 6) is -0.475. The van der Waals surface area contributed by atoms with E-state index < -0.39 is 23.6 Å². The molecular formula is C27H29BrN4O4. The van der Waals surface area contributed by atoms with Crippen LogP contribution in [0.3, 0.4) is 0 Å². The van der Waals surface area contributed by atoms with Crippen LogP contribution >= 0.6 is 15.9 Å². The number of halogens is 1. The largest absolute Gasteiger partial charge is 0.445 e. The molecule has 9 heteroatoms. The molecule has 8 nitrogen and oxygen atoms in total. The van der Waals surface area contributed by atoms with Gasteiger partial charge in [0.25, 0.3) is 0 Å². The lowest BCUT2D eigenvalue weighted by atomic mass is 9.80. The minimum absolute atomic E-state index is 0.0703. The first-order chi connectivity index (χ1) is 17.2. The molecule has 1 unspecified atom stereocenters. The maximum absolute atomic E-state index is 13.9. The molecule has 0 aliphatic carbocycles. The lowest BCUT2D eigenvalue weighted by Gasteiger charge is -2.32. The van der Waals surface area contributed by atoms with Crippen molar-refractivity contribution in [2.75, 3.05) is 18.9 Å². The van der Waals surface area contributed by atoms with E-state index >= 15 is 0 Å². The molecule has 2 aliphatic heterocycles. The van der Waals surface area contributed by atoms with Gasteiger partial charge in [0.15, 0.2) is 0 Å². The predicted octanol–water partition coefficient (Wildman–Crippen LogP) is 4.45. The predicted molar refractivity (Wildman–Crippen MR) is 138 cm³/mol. The average molecular weight is 553 g/mol. The molecule has 0 saturated carbocycles. The van der Waals surface area contributed by atoms with Crippen LogP contribution in [0, 0.1) is 17.2 Å². The van der Waals surface area contributed by atoms with Crippen LogP contribution in [0.4, 0.5) is 10.5 Å². The highest BCUT2D eigenvalue weighted by atomic mass is 79.9. The molecule has 2 aromatic rings. The van der Waals surface area contributed by atoms with Crippen LogP contribution in [-0.2, 0) is 26.3 Å². The normalized spacial score (nSPS) is 21.2. The van der Waals surface area contributed by atoms with Crippen LogP contribution in [0.2, 0.25) is 0 Å². The number of ether oxygens (including phenoxy) is 1. The van der Waals surface area contributed by atoms with Crippen molar-refractivity contribution in [1.29, 1.82) is 5.26 Å². The van der Waals surface area contributed by atoms with Gasteiger partial charge < -0.3 is 15.0 Å². The molecule has 2 aliphatic rings. The minimum atomic E-state index is -1.01. The summed E-state index contributed by atoms with van der Waals surface area (Å²) in [6, 6.07) is 15.4. The lowest BCUT2D eigenvalue weighted by molar-refractivity contribution is -0.137. The highest BCUT2D eigenvalue weighted by molar-refractivity contribution is 9.10. The van der Waals surface area contributed by atoms with Crippen molar-refractivity contribution in [3.05, 3.63) is 64.1 Å². The summed E-state index contributed by atoms with van der Waals surface area (Å²) in [6.45, 7) is 4.09. The van der Waals surface area contributed by atoms with Crippen LogP contribution in [-0.4, -0.2) is 53.4 Å². The van der Waals surface area contributed by atoms with Crippen LogP contribution in [0.15, 0.2) is 53.0 Å². The van der Waals surface area contributed by atoms with Crippen molar-refractivity contribution in [2.45, 2.75) is 50.8 Å². The fourth-order valence-corrected chi connectivity index (χ4v) is 5.37. The van der Waals surface area contributed by atoms with Crippen molar-refractivity contribution < 1.29 is 19.1 Å². The molecule has 0 bridgehead atoms. The number of carbonyl (C=O) groups is 3. The topological polar surface area (TPSA) is 103 Å². The number of carbonyl (C=O) groups excluding carboxylic acids is 3. The van der Waals surface area contributed by atoms with Crippen molar-refractivity contribution in [2.24, 2.45) is 5.92 Å². The third-order valence-electron chi connectivity index (χ3n) is 6.91. The molecule has 1 fully saturated rings. The molecule has 0 radical (unpaired) electrons. The van der Waals surface area contributed by atoms with E-state index in [1.807, 2.05) is 62.4 Å². The number of likely N-dealkylation sites (N-methyl/N-ethyl adjacent to an activating group) is 1. The number of anilines is 1. The zero-order valence-corrected chi connectivity index (χ0v) is 22.1. The van der Waals surface area contributed by atoms with E-state index in [-0.39, 0.29) is 37.3 Å². The Hall–Kier alpha value is -3.38. The Bertz CT molecular complexity index is 1210. The molecule has 1 spiro atoms. The van der Waals surface area contributed by atoms with Gasteiger partial charge in [-0.1, -0.05) is 60.1 Å². The van der Waals surface area contributed by atoms with Gasteiger partial charge in [0.2, 0.25) is 11.8 Å². The highest BCUT2D eigenvalue weighted by Gasteiger charge is 2.56. The Labute approximate surface area is 219 Å². The van der Waals surface area contributed by atoms with E-state index in [1.165, 1.54) is 9.80 Å². The van der Waals surface area contributed by atoms with Crippen LogP contribution in [0.5, 0.6) is 0 Å². The van der Waals surface area contributed by atoms with Gasteiger partial charge in [0.1, 0.15) is 18.7 Å². The van der Waals surface area contributed by atoms with E-state index in [0.29, 0.717) is 12.1 Å². The summed E-state index contributed by atoms with van der Waals surface area (Å²) in [7, 11) is 1.54. The quantitative estimate of drug-likeness (QED) is 0.570. The summed E-state index contributed by atoms with van der Waals surface area (Å²) in [6.07, 6.45) is -0.0273. The number of fused-ring (bicyclic) bond motifs is 2. The number of likely N-dealkylation sites (tertiary alicyclic amines) is 1. The van der Waals surface area contributed by atoms with Crippen LogP contribution in [0.1, 0.15) is 37.8 Å². The fraction of sp³-hybridized carbons (Fsp3) is 0.407. The smallest absolute Gasteiger partial charge is 0.410 e. The summed E-state index contributed by atoms with van der Waals surface area (Å²) in [5, 5.41) is 12.9. The number of nitriles is 1. The molecular weight excluding hydrogens is 524 g/mol. The standard InChI is InChI=1S/C27H29BrN4O4/c1-17(2)11-23(31(3)26(35)36-15-18-7-5-4-6-8-18)24(33)32-16-27(13-20(32)14-29)21-12-19(28)9-10-22(21)30-25(27)34/h4-10,12,17,20,23H,11,13,15-16H2,1-3H3,(H,30,34)/t20-,23?,27-/m0/s1. The van der Waals surface area contributed by atoms with E-state index in [9.17, 15) is 19.6 Å². The fourth-order valence-electron chi connectivity index (χ4n) is 5.01. The molecule has 3 atom stereocenters. The number of rotatable bonds is 6. The van der Waals surface area contributed by atoms with Gasteiger partial charge in [0, 0.05) is 30.2 Å². The van der Waals surface area contributed by atoms with Crippen LogP contribution < -0.4 is 5.32 Å². The monoisotopic (exact) mass is 552 g/mol. The van der Waals surface area contributed by atoms with Crippen molar-refractivity contribution in [3.8, 4) is 6.07 Å². The third kappa shape index (κ3) is 4.82. The molecule has 2 heterocycles. The number of amides is 3. The second kappa shape index (κ2) is 10.3. The van der Waals surface area contributed by atoms with Gasteiger partial charge in [-0.25, -0.2) is 4.79 Å². The number of benzene rings is 2. The number of nitrogens with zero attached hydrogens (tertiary/aromatic N) is 3. The van der Waals surface area contributed by atoms with Crippen molar-refractivity contribution >= 4 is 39.5 Å².